The zero-order valence-corrected chi connectivity index (χ0v) is 15.8. The van der Waals surface area contributed by atoms with Crippen LogP contribution in [0.15, 0.2) is 36.7 Å². The summed E-state index contributed by atoms with van der Waals surface area (Å²) >= 11 is 1.92. The van der Waals surface area contributed by atoms with E-state index in [0.29, 0.717) is 12.3 Å². The molecule has 1 aromatic carbocycles. The standard InChI is InChI=1S/C20H24N4S/c1-4-25-20(2,3)17-10-16(11-23-12-17)14-5-7-18-15(9-14)6-8-19(22)24(18)13-21/h5,7,9-13,21-22H,4,6,8H2,1-3H3. The van der Waals surface area contributed by atoms with E-state index < -0.39 is 0 Å². The fourth-order valence-corrected chi connectivity index (χ4v) is 4.24. The number of nitrogens with zero attached hydrogens (tertiary/aromatic N) is 2. The Morgan fingerprint density at radius 2 is 2.00 bits per heavy atom. The van der Waals surface area contributed by atoms with Crippen LogP contribution in [0.1, 0.15) is 38.3 Å². The average molecular weight is 353 g/mol. The van der Waals surface area contributed by atoms with Crippen LogP contribution in [0.4, 0.5) is 5.69 Å². The second kappa shape index (κ2) is 7.00. The SMILES string of the molecule is CCSC(C)(C)c1cncc(-c2ccc3c(c2)CCC(=N)N3C=N)c1. The molecule has 2 heterocycles. The predicted octanol–water partition coefficient (Wildman–Crippen LogP) is 5.07. The maximum absolute atomic E-state index is 7.99. The molecule has 2 aromatic rings. The number of pyridine rings is 1. The summed E-state index contributed by atoms with van der Waals surface area (Å²) in [5.41, 5.74) is 5.62. The molecule has 130 valence electrons. The first-order valence-electron chi connectivity index (χ1n) is 8.56. The number of fused-ring (bicyclic) bond motifs is 1. The van der Waals surface area contributed by atoms with Crippen molar-refractivity contribution in [1.29, 1.82) is 10.8 Å². The summed E-state index contributed by atoms with van der Waals surface area (Å²) in [7, 11) is 0. The average Bonchev–Trinajstić information content (AvgIpc) is 2.61. The number of aryl methyl sites for hydroxylation is 1. The van der Waals surface area contributed by atoms with Gasteiger partial charge in [-0.25, -0.2) is 0 Å². The molecule has 5 heteroatoms. The Labute approximate surface area is 153 Å². The summed E-state index contributed by atoms with van der Waals surface area (Å²) in [6.07, 6.45) is 6.62. The van der Waals surface area contributed by atoms with Crippen molar-refractivity contribution >= 4 is 29.6 Å². The van der Waals surface area contributed by atoms with Gasteiger partial charge in [-0.15, -0.1) is 0 Å². The minimum absolute atomic E-state index is 0.0397. The smallest absolute Gasteiger partial charge is 0.106 e. The van der Waals surface area contributed by atoms with Gasteiger partial charge >= 0.3 is 0 Å². The largest absolute Gasteiger partial charge is 0.291 e. The van der Waals surface area contributed by atoms with E-state index in [1.54, 1.807) is 4.90 Å². The molecule has 0 aliphatic carbocycles. The zero-order valence-electron chi connectivity index (χ0n) is 15.0. The van der Waals surface area contributed by atoms with Crippen LogP contribution in [0.25, 0.3) is 11.1 Å². The van der Waals surface area contributed by atoms with Gasteiger partial charge in [0.2, 0.25) is 0 Å². The third kappa shape index (κ3) is 3.47. The number of hydrogen-bond donors (Lipinski definition) is 2. The lowest BCUT2D eigenvalue weighted by Gasteiger charge is -2.28. The van der Waals surface area contributed by atoms with E-state index >= 15 is 0 Å². The van der Waals surface area contributed by atoms with Crippen molar-refractivity contribution in [3.63, 3.8) is 0 Å². The third-order valence-electron chi connectivity index (χ3n) is 4.66. The van der Waals surface area contributed by atoms with Crippen molar-refractivity contribution in [2.75, 3.05) is 10.7 Å². The summed E-state index contributed by atoms with van der Waals surface area (Å²) in [4.78, 5) is 6.12. The fourth-order valence-electron chi connectivity index (χ4n) is 3.24. The molecule has 2 N–H and O–H groups in total. The first kappa shape index (κ1) is 17.7. The van der Waals surface area contributed by atoms with Crippen molar-refractivity contribution in [3.05, 3.63) is 47.8 Å². The summed E-state index contributed by atoms with van der Waals surface area (Å²) in [5.74, 6) is 1.55. The van der Waals surface area contributed by atoms with Gasteiger partial charge in [0.1, 0.15) is 5.84 Å². The quantitative estimate of drug-likeness (QED) is 0.583. The van der Waals surface area contributed by atoms with Crippen LogP contribution in [0.3, 0.4) is 0 Å². The molecular formula is C20H24N4S. The summed E-state index contributed by atoms with van der Waals surface area (Å²) in [6.45, 7) is 6.66. The third-order valence-corrected chi connectivity index (χ3v) is 5.91. The molecule has 0 atom stereocenters. The molecule has 1 aliphatic heterocycles. The minimum atomic E-state index is 0.0397. The molecule has 0 amide bonds. The van der Waals surface area contributed by atoms with Gasteiger partial charge in [0, 0.05) is 29.1 Å². The van der Waals surface area contributed by atoms with Crippen LogP contribution < -0.4 is 4.90 Å². The molecular weight excluding hydrogens is 328 g/mol. The lowest BCUT2D eigenvalue weighted by molar-refractivity contribution is 0.777. The Hall–Kier alpha value is -2.14. The van der Waals surface area contributed by atoms with Gasteiger partial charge < -0.3 is 0 Å². The van der Waals surface area contributed by atoms with E-state index in [2.05, 4.69) is 44.0 Å². The first-order chi connectivity index (χ1) is 12.0. The Morgan fingerprint density at radius 1 is 1.20 bits per heavy atom. The number of nitrogens with one attached hydrogen (secondary N) is 2. The van der Waals surface area contributed by atoms with Crippen LogP contribution in [0.2, 0.25) is 0 Å². The normalized spacial score (nSPS) is 14.4. The molecule has 0 unspecified atom stereocenters. The van der Waals surface area contributed by atoms with E-state index in [9.17, 15) is 0 Å². The Kier molecular flexibility index (Phi) is 4.95. The highest BCUT2D eigenvalue weighted by Gasteiger charge is 2.22. The van der Waals surface area contributed by atoms with Crippen LogP contribution in [-0.2, 0) is 11.2 Å². The summed E-state index contributed by atoms with van der Waals surface area (Å²) in [5, 5.41) is 15.6. The minimum Gasteiger partial charge on any atom is -0.291 e. The molecule has 4 nitrogen and oxygen atoms in total. The van der Waals surface area contributed by atoms with Crippen LogP contribution in [-0.4, -0.2) is 22.9 Å². The number of rotatable bonds is 5. The second-order valence-corrected chi connectivity index (χ2v) is 8.58. The summed E-state index contributed by atoms with van der Waals surface area (Å²) in [6, 6.07) is 8.49. The summed E-state index contributed by atoms with van der Waals surface area (Å²) < 4.78 is 0.0397. The fraction of sp³-hybridized carbons (Fsp3) is 0.350. The molecule has 0 spiro atoms. The van der Waals surface area contributed by atoms with E-state index in [4.69, 9.17) is 10.8 Å². The lowest BCUT2D eigenvalue weighted by Crippen LogP contribution is -2.32. The van der Waals surface area contributed by atoms with Crippen molar-refractivity contribution in [2.45, 2.75) is 38.4 Å². The number of amidine groups is 1. The van der Waals surface area contributed by atoms with Crippen LogP contribution in [0.5, 0.6) is 0 Å². The molecule has 0 fully saturated rings. The maximum atomic E-state index is 7.99. The van der Waals surface area contributed by atoms with Gasteiger partial charge in [-0.05, 0) is 60.9 Å². The van der Waals surface area contributed by atoms with E-state index in [-0.39, 0.29) is 4.75 Å². The highest BCUT2D eigenvalue weighted by molar-refractivity contribution is 8.00. The van der Waals surface area contributed by atoms with Crippen LogP contribution >= 0.6 is 11.8 Å². The highest BCUT2D eigenvalue weighted by Crippen LogP contribution is 2.37. The maximum Gasteiger partial charge on any atom is 0.106 e. The highest BCUT2D eigenvalue weighted by atomic mass is 32.2. The van der Waals surface area contributed by atoms with Crippen molar-refractivity contribution in [1.82, 2.24) is 4.98 Å². The molecule has 1 aromatic heterocycles. The number of hydrogen-bond acceptors (Lipinski definition) is 4. The number of aromatic nitrogens is 1. The van der Waals surface area contributed by atoms with Gasteiger partial charge in [0.25, 0.3) is 0 Å². The van der Waals surface area contributed by atoms with Gasteiger partial charge in [-0.1, -0.05) is 13.0 Å². The number of anilines is 1. The Morgan fingerprint density at radius 3 is 2.72 bits per heavy atom. The van der Waals surface area contributed by atoms with E-state index in [1.165, 1.54) is 17.5 Å². The monoisotopic (exact) mass is 352 g/mol. The topological polar surface area (TPSA) is 63.8 Å². The van der Waals surface area contributed by atoms with Crippen molar-refractivity contribution in [3.8, 4) is 11.1 Å². The number of thioether (sulfide) groups is 1. The van der Waals surface area contributed by atoms with Gasteiger partial charge in [-0.3, -0.25) is 20.7 Å². The van der Waals surface area contributed by atoms with Gasteiger partial charge in [0.05, 0.1) is 12.0 Å². The Balaban J connectivity index is 1.99. The molecule has 0 saturated heterocycles. The molecule has 0 radical (unpaired) electrons. The van der Waals surface area contributed by atoms with Gasteiger partial charge in [0.15, 0.2) is 0 Å². The lowest BCUT2D eigenvalue weighted by atomic mass is 9.95. The van der Waals surface area contributed by atoms with Crippen molar-refractivity contribution < 1.29 is 0 Å². The predicted molar refractivity (Wildman–Crippen MR) is 108 cm³/mol. The molecule has 3 rings (SSSR count). The van der Waals surface area contributed by atoms with E-state index in [1.807, 2.05) is 30.2 Å². The van der Waals surface area contributed by atoms with E-state index in [0.717, 1.165) is 29.0 Å². The first-order valence-corrected chi connectivity index (χ1v) is 9.55. The number of benzene rings is 1. The van der Waals surface area contributed by atoms with Gasteiger partial charge in [-0.2, -0.15) is 11.8 Å². The van der Waals surface area contributed by atoms with Crippen LogP contribution in [0, 0.1) is 10.8 Å². The van der Waals surface area contributed by atoms with Crippen molar-refractivity contribution in [2.24, 2.45) is 0 Å². The molecule has 0 saturated carbocycles. The Bertz CT molecular complexity index is 813. The zero-order chi connectivity index (χ0) is 18.0. The molecule has 1 aliphatic rings. The molecule has 25 heavy (non-hydrogen) atoms. The molecule has 0 bridgehead atoms. The second-order valence-electron chi connectivity index (χ2n) is 6.69.